The predicted molar refractivity (Wildman–Crippen MR) is 155 cm³/mol. The molecule has 0 aromatic heterocycles. The molecular weight excluding hydrogens is 590 g/mol. The number of nitrogens with two attached hydrogens (primary N) is 1. The van der Waals surface area contributed by atoms with Gasteiger partial charge in [0.2, 0.25) is 0 Å². The zero-order valence-corrected chi connectivity index (χ0v) is 26.0. The molecule has 8 rings (SSSR count). The lowest BCUT2D eigenvalue weighted by Crippen LogP contribution is -2.65. The van der Waals surface area contributed by atoms with Gasteiger partial charge in [-0.25, -0.2) is 0 Å². The molecule has 5 heterocycles. The minimum absolute atomic E-state index is 0.0238. The Morgan fingerprint density at radius 3 is 2.62 bits per heavy atom. The molecule has 13 heteroatoms. The lowest BCUT2D eigenvalue weighted by molar-refractivity contribution is -0.345. The average molecular weight is 630 g/mol. The number of phenols is 1. The van der Waals surface area contributed by atoms with Crippen LogP contribution in [0.25, 0.3) is 10.8 Å². The third kappa shape index (κ3) is 3.67. The van der Waals surface area contributed by atoms with Crippen LogP contribution < -0.4 is 15.2 Å². The number of fused-ring (bicyclic) bond motifs is 8. The van der Waals surface area contributed by atoms with Gasteiger partial charge in [0.1, 0.15) is 23.4 Å². The van der Waals surface area contributed by atoms with Gasteiger partial charge in [-0.2, -0.15) is 0 Å². The van der Waals surface area contributed by atoms with E-state index in [9.17, 15) is 9.90 Å². The summed E-state index contributed by atoms with van der Waals surface area (Å²) in [4.78, 5) is 13.2. The van der Waals surface area contributed by atoms with Gasteiger partial charge in [0, 0.05) is 50.7 Å². The molecule has 0 amide bonds. The third-order valence-electron chi connectivity index (χ3n) is 10.7. The molecule has 2 aromatic carbocycles. The van der Waals surface area contributed by atoms with Gasteiger partial charge in [0.15, 0.2) is 35.7 Å². The Bertz CT molecular complexity index is 1580. The van der Waals surface area contributed by atoms with E-state index >= 15 is 0 Å². The van der Waals surface area contributed by atoms with Crippen molar-refractivity contribution < 1.29 is 57.3 Å². The fraction of sp³-hybridized carbons (Fsp3) is 0.656. The Balaban J connectivity index is 1.26. The normalized spacial score (nSPS) is 38.5. The van der Waals surface area contributed by atoms with Crippen molar-refractivity contribution >= 4 is 16.6 Å². The number of carbonyl (C=O) groups excluding carboxylic acids is 1. The largest absolute Gasteiger partial charge is 0.506 e. The first-order chi connectivity index (χ1) is 21.7. The fourth-order valence-electron chi connectivity index (χ4n) is 8.48. The number of benzene rings is 2. The van der Waals surface area contributed by atoms with Gasteiger partial charge in [-0.05, 0) is 31.4 Å². The smallest absolute Gasteiger partial charge is 0.274 e. The maximum absolute atomic E-state index is 13.2. The van der Waals surface area contributed by atoms with Crippen LogP contribution in [-0.2, 0) is 44.3 Å². The fourth-order valence-corrected chi connectivity index (χ4v) is 8.48. The lowest BCUT2D eigenvalue weighted by Gasteiger charge is -2.45. The number of aromatic hydroxyl groups is 1. The first-order valence-corrected chi connectivity index (χ1v) is 15.4. The molecule has 0 radical (unpaired) electrons. The van der Waals surface area contributed by atoms with E-state index in [0.717, 1.165) is 5.56 Å². The van der Waals surface area contributed by atoms with Crippen LogP contribution in [0.2, 0.25) is 0 Å². The van der Waals surface area contributed by atoms with Gasteiger partial charge in [0.25, 0.3) is 5.79 Å². The van der Waals surface area contributed by atoms with Gasteiger partial charge in [0.05, 0.1) is 50.0 Å². The van der Waals surface area contributed by atoms with E-state index in [-0.39, 0.29) is 49.1 Å². The van der Waals surface area contributed by atoms with Crippen molar-refractivity contribution in [3.8, 4) is 17.2 Å². The van der Waals surface area contributed by atoms with Crippen molar-refractivity contribution in [1.29, 1.82) is 0 Å². The van der Waals surface area contributed by atoms with E-state index in [1.165, 1.54) is 14.2 Å². The van der Waals surface area contributed by atoms with E-state index in [0.29, 0.717) is 59.1 Å². The van der Waals surface area contributed by atoms with Crippen molar-refractivity contribution in [2.24, 2.45) is 5.73 Å². The molecule has 2 bridgehead atoms. The Morgan fingerprint density at radius 1 is 1.13 bits per heavy atom. The number of epoxide rings is 1. The summed E-state index contributed by atoms with van der Waals surface area (Å²) in [5.41, 5.74) is 6.14. The summed E-state index contributed by atoms with van der Waals surface area (Å²) in [6.45, 7) is 2.43. The molecule has 1 aliphatic carbocycles. The van der Waals surface area contributed by atoms with E-state index in [4.69, 9.17) is 53.1 Å². The molecule has 13 nitrogen and oxygen atoms in total. The maximum atomic E-state index is 13.2. The zero-order valence-electron chi connectivity index (χ0n) is 26.0. The SMILES string of the molecule is COc1c2c(c(O)c3c4c(c(C)cc13)C1OCC3(C(OC)OC5CC(OC)C(N)CO5)OC1[C@@](OC)(O4)[C@@]31CO1)C(=O)CCC2. The van der Waals surface area contributed by atoms with Gasteiger partial charge in [-0.1, -0.05) is 0 Å². The summed E-state index contributed by atoms with van der Waals surface area (Å²) >= 11 is 0. The monoisotopic (exact) mass is 629 g/mol. The van der Waals surface area contributed by atoms with Gasteiger partial charge >= 0.3 is 0 Å². The highest BCUT2D eigenvalue weighted by atomic mass is 16.8. The zero-order chi connectivity index (χ0) is 31.5. The van der Waals surface area contributed by atoms with E-state index in [1.807, 2.05) is 13.0 Å². The van der Waals surface area contributed by atoms with Crippen LogP contribution in [0.5, 0.6) is 17.2 Å². The number of methoxy groups -OCH3 is 4. The summed E-state index contributed by atoms with van der Waals surface area (Å²) in [6, 6.07) is 1.66. The molecule has 4 fully saturated rings. The van der Waals surface area contributed by atoms with E-state index in [1.54, 1.807) is 14.2 Å². The van der Waals surface area contributed by atoms with Crippen molar-refractivity contribution in [3.05, 3.63) is 28.3 Å². The number of phenolic OH excluding ortho intramolecular Hbond substituents is 1. The Labute approximate surface area is 260 Å². The second-order valence-electron chi connectivity index (χ2n) is 12.8. The van der Waals surface area contributed by atoms with Crippen molar-refractivity contribution in [2.45, 2.75) is 86.5 Å². The standard InChI is InChI=1S/C32H39NO12/c1-14-9-16-23(24(35)22-15(25(16)37-3)7-6-8-18(22)34)26-21(14)27-28-32(39-5,44-26)31(13-42-31)30(45-28,12-41-27)29(38-4)43-20-10-19(36-2)17(33)11-40-20/h9,17,19-20,27-29,35H,6-8,10-13,33H2,1-5H3/t17?,19?,20?,27?,28?,29?,30?,31-,32-/m1/s1. The lowest BCUT2D eigenvalue weighted by atomic mass is 9.79. The van der Waals surface area contributed by atoms with E-state index < -0.39 is 41.8 Å². The van der Waals surface area contributed by atoms with Crippen molar-refractivity contribution in [2.75, 3.05) is 48.3 Å². The first kappa shape index (κ1) is 29.8. The number of rotatable bonds is 7. The minimum atomic E-state index is -1.52. The molecule has 2 aromatic rings. The average Bonchev–Trinajstić information content (AvgIpc) is 3.83. The highest BCUT2D eigenvalue weighted by Crippen LogP contribution is 2.69. The minimum Gasteiger partial charge on any atom is -0.506 e. The van der Waals surface area contributed by atoms with Crippen LogP contribution in [0.15, 0.2) is 6.07 Å². The summed E-state index contributed by atoms with van der Waals surface area (Å²) in [7, 11) is 6.23. The maximum Gasteiger partial charge on any atom is 0.274 e. The topological polar surface area (TPSA) is 159 Å². The second kappa shape index (κ2) is 10.2. The quantitative estimate of drug-likeness (QED) is 0.339. The van der Waals surface area contributed by atoms with Crippen LogP contribution in [-0.4, -0.2) is 107 Å². The molecular formula is C32H39NO12. The number of ether oxygens (including phenoxy) is 10. The highest BCUT2D eigenvalue weighted by molar-refractivity contribution is 6.11. The molecule has 5 aliphatic heterocycles. The van der Waals surface area contributed by atoms with Crippen LogP contribution in [0.1, 0.15) is 52.4 Å². The summed E-state index contributed by atoms with van der Waals surface area (Å²) in [5, 5.41) is 12.8. The molecule has 0 saturated carbocycles. The molecule has 3 N–H and O–H groups in total. The number of ketones is 1. The number of Topliss-reactive ketones (excluding diaryl/α,β-unsaturated/α-hetero) is 1. The molecule has 4 saturated heterocycles. The number of hydrogen-bond donors (Lipinski definition) is 2. The molecule has 45 heavy (non-hydrogen) atoms. The molecule has 1 spiro atoms. The van der Waals surface area contributed by atoms with Crippen LogP contribution >= 0.6 is 0 Å². The van der Waals surface area contributed by atoms with Gasteiger partial charge < -0.3 is 58.2 Å². The molecule has 9 atom stereocenters. The molecule has 6 aliphatic rings. The number of aryl methyl sites for hydroxylation is 1. The number of hydrogen-bond acceptors (Lipinski definition) is 13. The van der Waals surface area contributed by atoms with Crippen LogP contribution in [0.3, 0.4) is 0 Å². The second-order valence-corrected chi connectivity index (χ2v) is 12.8. The highest BCUT2D eigenvalue weighted by Gasteiger charge is 2.90. The molecule has 244 valence electrons. The van der Waals surface area contributed by atoms with Crippen LogP contribution in [0.4, 0.5) is 0 Å². The summed E-state index contributed by atoms with van der Waals surface area (Å²) in [5.74, 6) is -0.915. The predicted octanol–water partition coefficient (Wildman–Crippen LogP) is 2.17. The summed E-state index contributed by atoms with van der Waals surface area (Å²) < 4.78 is 62.8. The molecule has 7 unspecified atom stereocenters. The van der Waals surface area contributed by atoms with Crippen molar-refractivity contribution in [1.82, 2.24) is 0 Å². The Hall–Kier alpha value is -2.59. The number of carbonyl (C=O) groups is 1. The van der Waals surface area contributed by atoms with Gasteiger partial charge in [-0.3, -0.25) is 4.79 Å². The van der Waals surface area contributed by atoms with Crippen LogP contribution in [0, 0.1) is 6.92 Å². The third-order valence-corrected chi connectivity index (χ3v) is 10.7. The Kier molecular flexibility index (Phi) is 6.75. The first-order valence-electron chi connectivity index (χ1n) is 15.4. The van der Waals surface area contributed by atoms with E-state index in [2.05, 4.69) is 0 Å². The van der Waals surface area contributed by atoms with Crippen molar-refractivity contribution in [3.63, 3.8) is 0 Å². The summed E-state index contributed by atoms with van der Waals surface area (Å²) in [6.07, 6.45) is -1.38. The van der Waals surface area contributed by atoms with Gasteiger partial charge in [-0.15, -0.1) is 0 Å². The Morgan fingerprint density at radius 2 is 1.93 bits per heavy atom.